The lowest BCUT2D eigenvalue weighted by Crippen LogP contribution is -2.15. The van der Waals surface area contributed by atoms with Crippen molar-refractivity contribution in [3.8, 4) is 0 Å². The molecule has 1 amide bonds. The Bertz CT molecular complexity index is 836. The summed E-state index contributed by atoms with van der Waals surface area (Å²) >= 11 is 5.83. The Morgan fingerprint density at radius 3 is 2.38 bits per heavy atom. The molecule has 0 fully saturated rings. The van der Waals surface area contributed by atoms with Crippen LogP contribution in [0.2, 0.25) is 5.02 Å². The van der Waals surface area contributed by atoms with Gasteiger partial charge < -0.3 is 10.6 Å². The van der Waals surface area contributed by atoms with Gasteiger partial charge >= 0.3 is 0 Å². The molecular weight excluding hydrogens is 348 g/mol. The van der Waals surface area contributed by atoms with Gasteiger partial charge in [0.25, 0.3) is 5.91 Å². The second kappa shape index (κ2) is 8.97. The molecule has 0 bridgehead atoms. The third-order valence-electron chi connectivity index (χ3n) is 3.79. The topological polar surface area (TPSA) is 66.9 Å². The highest BCUT2D eigenvalue weighted by molar-refractivity contribution is 6.30. The zero-order chi connectivity index (χ0) is 18.2. The Balaban J connectivity index is 1.46. The van der Waals surface area contributed by atoms with Crippen molar-refractivity contribution < 1.29 is 4.79 Å². The Kier molecular flexibility index (Phi) is 6.17. The van der Waals surface area contributed by atoms with Crippen LogP contribution in [0.25, 0.3) is 0 Å². The molecule has 0 aliphatic rings. The summed E-state index contributed by atoms with van der Waals surface area (Å²) in [6.45, 7) is 0.792. The molecule has 2 aromatic carbocycles. The number of nitrogens with one attached hydrogen (secondary N) is 2. The number of rotatable bonds is 7. The smallest absolute Gasteiger partial charge is 0.276 e. The van der Waals surface area contributed by atoms with E-state index in [0.717, 1.165) is 19.4 Å². The van der Waals surface area contributed by atoms with Crippen molar-refractivity contribution in [1.29, 1.82) is 0 Å². The minimum absolute atomic E-state index is 0.259. The van der Waals surface area contributed by atoms with Crippen LogP contribution < -0.4 is 10.6 Å². The molecule has 0 aliphatic heterocycles. The first-order valence-electron chi connectivity index (χ1n) is 8.39. The quantitative estimate of drug-likeness (QED) is 0.607. The van der Waals surface area contributed by atoms with Crippen LogP contribution in [0.5, 0.6) is 0 Å². The van der Waals surface area contributed by atoms with E-state index in [1.807, 2.05) is 18.2 Å². The fourth-order valence-corrected chi connectivity index (χ4v) is 2.56. The van der Waals surface area contributed by atoms with Gasteiger partial charge in [-0.1, -0.05) is 41.9 Å². The SMILES string of the molecule is O=C(Nc1ccc(Cl)cc1)c1ccc(NCCCc2ccccc2)nn1. The zero-order valence-electron chi connectivity index (χ0n) is 14.2. The number of benzene rings is 2. The fraction of sp³-hybridized carbons (Fsp3) is 0.150. The largest absolute Gasteiger partial charge is 0.369 e. The van der Waals surface area contributed by atoms with Gasteiger partial charge in [-0.2, -0.15) is 0 Å². The summed E-state index contributed by atoms with van der Waals surface area (Å²) in [4.78, 5) is 12.2. The van der Waals surface area contributed by atoms with Crippen LogP contribution in [0.3, 0.4) is 0 Å². The van der Waals surface area contributed by atoms with Crippen LogP contribution >= 0.6 is 11.6 Å². The molecular formula is C20H19ClN4O. The molecule has 0 radical (unpaired) electrons. The normalized spacial score (nSPS) is 10.3. The van der Waals surface area contributed by atoms with Gasteiger partial charge in [-0.25, -0.2) is 0 Å². The van der Waals surface area contributed by atoms with Crippen molar-refractivity contribution in [1.82, 2.24) is 10.2 Å². The van der Waals surface area contributed by atoms with Crippen molar-refractivity contribution in [2.45, 2.75) is 12.8 Å². The van der Waals surface area contributed by atoms with Gasteiger partial charge in [0, 0.05) is 17.3 Å². The molecule has 6 heteroatoms. The average molecular weight is 367 g/mol. The molecule has 132 valence electrons. The van der Waals surface area contributed by atoms with Crippen molar-refractivity contribution in [2.75, 3.05) is 17.2 Å². The molecule has 26 heavy (non-hydrogen) atoms. The van der Waals surface area contributed by atoms with Gasteiger partial charge in [0.2, 0.25) is 0 Å². The van der Waals surface area contributed by atoms with Crippen LogP contribution in [0.15, 0.2) is 66.7 Å². The summed E-state index contributed by atoms with van der Waals surface area (Å²) in [7, 11) is 0. The number of carbonyl (C=O) groups is 1. The lowest BCUT2D eigenvalue weighted by molar-refractivity contribution is 0.102. The van der Waals surface area contributed by atoms with E-state index in [0.29, 0.717) is 16.5 Å². The zero-order valence-corrected chi connectivity index (χ0v) is 14.9. The number of nitrogens with zero attached hydrogens (tertiary/aromatic N) is 2. The highest BCUT2D eigenvalue weighted by Crippen LogP contribution is 2.14. The van der Waals surface area contributed by atoms with E-state index in [9.17, 15) is 4.79 Å². The van der Waals surface area contributed by atoms with Crippen LogP contribution in [0.1, 0.15) is 22.5 Å². The number of aromatic nitrogens is 2. The number of hydrogen-bond donors (Lipinski definition) is 2. The second-order valence-electron chi connectivity index (χ2n) is 5.78. The van der Waals surface area contributed by atoms with Gasteiger partial charge in [-0.05, 0) is 54.8 Å². The van der Waals surface area contributed by atoms with Crippen LogP contribution in [0.4, 0.5) is 11.5 Å². The predicted octanol–water partition coefficient (Wildman–Crippen LogP) is 4.43. The molecule has 1 heterocycles. The fourth-order valence-electron chi connectivity index (χ4n) is 2.43. The van der Waals surface area contributed by atoms with Gasteiger partial charge in [0.05, 0.1) is 0 Å². The van der Waals surface area contributed by atoms with E-state index in [4.69, 9.17) is 11.6 Å². The first-order valence-corrected chi connectivity index (χ1v) is 8.77. The summed E-state index contributed by atoms with van der Waals surface area (Å²) in [5.74, 6) is 0.344. The highest BCUT2D eigenvalue weighted by Gasteiger charge is 2.08. The highest BCUT2D eigenvalue weighted by atomic mass is 35.5. The van der Waals surface area contributed by atoms with Gasteiger partial charge in [-0.3, -0.25) is 4.79 Å². The van der Waals surface area contributed by atoms with E-state index in [2.05, 4.69) is 33.0 Å². The second-order valence-corrected chi connectivity index (χ2v) is 6.22. The third kappa shape index (κ3) is 5.29. The third-order valence-corrected chi connectivity index (χ3v) is 4.04. The van der Waals surface area contributed by atoms with Crippen LogP contribution in [-0.2, 0) is 6.42 Å². The van der Waals surface area contributed by atoms with E-state index >= 15 is 0 Å². The first-order chi connectivity index (χ1) is 12.7. The molecule has 3 rings (SSSR count). The van der Waals surface area contributed by atoms with E-state index in [1.165, 1.54) is 5.56 Å². The summed E-state index contributed by atoms with van der Waals surface area (Å²) < 4.78 is 0. The number of aryl methyl sites for hydroxylation is 1. The van der Waals surface area contributed by atoms with Crippen LogP contribution in [-0.4, -0.2) is 22.6 Å². The maximum absolute atomic E-state index is 12.2. The minimum atomic E-state index is -0.310. The van der Waals surface area contributed by atoms with Crippen molar-refractivity contribution in [3.05, 3.63) is 83.0 Å². The predicted molar refractivity (Wildman–Crippen MR) is 105 cm³/mol. The Hall–Kier alpha value is -2.92. The number of amides is 1. The van der Waals surface area contributed by atoms with Crippen molar-refractivity contribution >= 4 is 29.0 Å². The average Bonchev–Trinajstić information content (AvgIpc) is 2.68. The number of halogens is 1. The van der Waals surface area contributed by atoms with Gasteiger partial charge in [0.15, 0.2) is 5.69 Å². The molecule has 0 atom stereocenters. The lowest BCUT2D eigenvalue weighted by Gasteiger charge is -2.07. The Morgan fingerprint density at radius 2 is 1.69 bits per heavy atom. The van der Waals surface area contributed by atoms with Gasteiger partial charge in [-0.15, -0.1) is 10.2 Å². The van der Waals surface area contributed by atoms with Crippen LogP contribution in [0, 0.1) is 0 Å². The first kappa shape index (κ1) is 17.9. The summed E-state index contributed by atoms with van der Waals surface area (Å²) in [6, 6.07) is 20.6. The molecule has 3 aromatic rings. The van der Waals surface area contributed by atoms with Gasteiger partial charge in [0.1, 0.15) is 5.82 Å². The molecule has 0 saturated carbocycles. The molecule has 5 nitrogen and oxygen atoms in total. The molecule has 1 aromatic heterocycles. The van der Waals surface area contributed by atoms with E-state index in [-0.39, 0.29) is 11.6 Å². The molecule has 0 aliphatic carbocycles. The lowest BCUT2D eigenvalue weighted by atomic mass is 10.1. The summed E-state index contributed by atoms with van der Waals surface area (Å²) in [5.41, 5.74) is 2.23. The van der Waals surface area contributed by atoms with E-state index in [1.54, 1.807) is 36.4 Å². The Morgan fingerprint density at radius 1 is 0.923 bits per heavy atom. The number of anilines is 2. The van der Waals surface area contributed by atoms with Crippen molar-refractivity contribution in [3.63, 3.8) is 0 Å². The number of hydrogen-bond acceptors (Lipinski definition) is 4. The molecule has 0 unspecified atom stereocenters. The standard InChI is InChI=1S/C20H19ClN4O/c21-16-8-10-17(11-9-16)23-20(26)18-12-13-19(25-24-18)22-14-4-7-15-5-2-1-3-6-15/h1-3,5-6,8-13H,4,7,14H2,(H,22,25)(H,23,26). The van der Waals surface area contributed by atoms with Crippen molar-refractivity contribution in [2.24, 2.45) is 0 Å². The summed E-state index contributed by atoms with van der Waals surface area (Å²) in [6.07, 6.45) is 1.99. The molecule has 0 saturated heterocycles. The molecule has 0 spiro atoms. The Labute approximate surface area is 157 Å². The maximum Gasteiger partial charge on any atom is 0.276 e. The maximum atomic E-state index is 12.2. The minimum Gasteiger partial charge on any atom is -0.369 e. The monoisotopic (exact) mass is 366 g/mol. The summed E-state index contributed by atoms with van der Waals surface area (Å²) in [5, 5.41) is 14.6. The molecule has 2 N–H and O–H groups in total. The number of carbonyl (C=O) groups excluding carboxylic acids is 1. The van der Waals surface area contributed by atoms with E-state index < -0.39 is 0 Å².